The summed E-state index contributed by atoms with van der Waals surface area (Å²) < 4.78 is 0. The highest BCUT2D eigenvalue weighted by molar-refractivity contribution is 6.07. The van der Waals surface area contributed by atoms with Gasteiger partial charge < -0.3 is 10.0 Å². The molecule has 20 heavy (non-hydrogen) atoms. The molecule has 0 aliphatic heterocycles. The van der Waals surface area contributed by atoms with Gasteiger partial charge in [-0.25, -0.2) is 4.79 Å². The zero-order chi connectivity index (χ0) is 14.7. The lowest BCUT2D eigenvalue weighted by molar-refractivity contribution is 0.0699. The largest absolute Gasteiger partial charge is 0.478 e. The molecule has 0 radical (unpaired) electrons. The van der Waals surface area contributed by atoms with Crippen molar-refractivity contribution in [3.63, 3.8) is 0 Å². The van der Waals surface area contributed by atoms with Gasteiger partial charge in [0.2, 0.25) is 0 Å². The fraction of sp³-hybridized carbons (Fsp3) is 0.353. The summed E-state index contributed by atoms with van der Waals surface area (Å²) in [4.78, 5) is 13.7. The van der Waals surface area contributed by atoms with Gasteiger partial charge >= 0.3 is 5.97 Å². The van der Waals surface area contributed by atoms with E-state index in [2.05, 4.69) is 25.7 Å². The first-order valence-electron chi connectivity index (χ1n) is 7.08. The van der Waals surface area contributed by atoms with Crippen molar-refractivity contribution in [1.82, 2.24) is 0 Å². The maximum Gasteiger partial charge on any atom is 0.336 e. The van der Waals surface area contributed by atoms with E-state index in [9.17, 15) is 9.90 Å². The quantitative estimate of drug-likeness (QED) is 0.887. The molecule has 0 atom stereocenters. The predicted octanol–water partition coefficient (Wildman–Crippen LogP) is 4.16. The number of hydrogen-bond acceptors (Lipinski definition) is 2. The van der Waals surface area contributed by atoms with Crippen LogP contribution in [0.4, 0.5) is 5.69 Å². The second kappa shape index (κ2) is 5.95. The average molecular weight is 271 g/mol. The summed E-state index contributed by atoms with van der Waals surface area (Å²) in [6, 6.07) is 11.8. The highest BCUT2D eigenvalue weighted by atomic mass is 16.4. The van der Waals surface area contributed by atoms with Crippen molar-refractivity contribution in [3.05, 3.63) is 42.0 Å². The van der Waals surface area contributed by atoms with Gasteiger partial charge in [0, 0.05) is 23.7 Å². The Bertz CT molecular complexity index is 619. The van der Waals surface area contributed by atoms with Crippen LogP contribution in [0.15, 0.2) is 36.4 Å². The molecule has 0 aliphatic rings. The van der Waals surface area contributed by atoms with E-state index in [0.717, 1.165) is 29.4 Å². The first-order chi connectivity index (χ1) is 9.56. The van der Waals surface area contributed by atoms with Crippen LogP contribution in [-0.2, 0) is 0 Å². The summed E-state index contributed by atoms with van der Waals surface area (Å²) >= 11 is 0. The number of carboxylic acids is 1. The molecule has 2 aromatic carbocycles. The Hall–Kier alpha value is -2.03. The molecule has 106 valence electrons. The zero-order valence-electron chi connectivity index (χ0n) is 12.3. The third kappa shape index (κ3) is 2.62. The number of benzene rings is 2. The van der Waals surface area contributed by atoms with E-state index in [-0.39, 0.29) is 0 Å². The molecule has 3 heteroatoms. The number of carbonyl (C=O) groups is 1. The molecule has 1 N–H and O–H groups in total. The van der Waals surface area contributed by atoms with Crippen LogP contribution in [0.5, 0.6) is 0 Å². The Balaban J connectivity index is 2.66. The van der Waals surface area contributed by atoms with Gasteiger partial charge in [-0.2, -0.15) is 0 Å². The lowest BCUT2D eigenvalue weighted by Crippen LogP contribution is -2.31. The van der Waals surface area contributed by atoms with Crippen molar-refractivity contribution in [2.45, 2.75) is 33.2 Å². The third-order valence-corrected chi connectivity index (χ3v) is 3.53. The van der Waals surface area contributed by atoms with Crippen LogP contribution in [0.1, 0.15) is 37.6 Å². The first-order valence-corrected chi connectivity index (χ1v) is 7.08. The zero-order valence-corrected chi connectivity index (χ0v) is 12.3. The predicted molar refractivity (Wildman–Crippen MR) is 83.7 cm³/mol. The molecule has 2 aromatic rings. The molecule has 0 aliphatic carbocycles. The molecule has 2 rings (SSSR count). The average Bonchev–Trinajstić information content (AvgIpc) is 2.43. The lowest BCUT2D eigenvalue weighted by Gasteiger charge is -2.30. The van der Waals surface area contributed by atoms with Crippen LogP contribution in [0.25, 0.3) is 10.8 Å². The highest BCUT2D eigenvalue weighted by Gasteiger charge is 2.16. The van der Waals surface area contributed by atoms with Crippen LogP contribution in [0, 0.1) is 0 Å². The summed E-state index contributed by atoms with van der Waals surface area (Å²) in [6.07, 6.45) is 1.06. The van der Waals surface area contributed by atoms with Crippen LogP contribution in [0.2, 0.25) is 0 Å². The fourth-order valence-electron chi connectivity index (χ4n) is 2.62. The van der Waals surface area contributed by atoms with Gasteiger partial charge in [0.1, 0.15) is 0 Å². The van der Waals surface area contributed by atoms with Crippen LogP contribution in [-0.4, -0.2) is 23.7 Å². The first kappa shape index (κ1) is 14.4. The van der Waals surface area contributed by atoms with Crippen molar-refractivity contribution in [2.75, 3.05) is 11.4 Å². The van der Waals surface area contributed by atoms with Crippen LogP contribution in [0.3, 0.4) is 0 Å². The molecular weight excluding hydrogens is 250 g/mol. The minimum absolute atomic E-state index is 0.365. The summed E-state index contributed by atoms with van der Waals surface area (Å²) in [6.45, 7) is 7.45. The Morgan fingerprint density at radius 2 is 1.80 bits per heavy atom. The van der Waals surface area contributed by atoms with E-state index < -0.39 is 5.97 Å². The van der Waals surface area contributed by atoms with E-state index >= 15 is 0 Å². The normalized spacial score (nSPS) is 11.0. The molecule has 0 spiro atoms. The van der Waals surface area contributed by atoms with E-state index in [0.29, 0.717) is 11.6 Å². The minimum Gasteiger partial charge on any atom is -0.478 e. The molecule has 0 fully saturated rings. The lowest BCUT2D eigenvalue weighted by atomic mass is 10.0. The number of rotatable bonds is 5. The third-order valence-electron chi connectivity index (χ3n) is 3.53. The summed E-state index contributed by atoms with van der Waals surface area (Å²) in [5, 5.41) is 11.1. The Labute approximate surface area is 119 Å². The van der Waals surface area contributed by atoms with E-state index in [4.69, 9.17) is 0 Å². The number of aromatic carboxylic acids is 1. The van der Waals surface area contributed by atoms with Gasteiger partial charge in [0.25, 0.3) is 0 Å². The number of carboxylic acid groups (broad SMARTS) is 1. The summed E-state index contributed by atoms with van der Waals surface area (Å²) in [5.41, 5.74) is 1.48. The monoisotopic (exact) mass is 271 g/mol. The Kier molecular flexibility index (Phi) is 4.28. The summed E-state index contributed by atoms with van der Waals surface area (Å²) in [5.74, 6) is -0.876. The molecule has 0 heterocycles. The molecule has 0 aromatic heterocycles. The summed E-state index contributed by atoms with van der Waals surface area (Å²) in [7, 11) is 0. The molecular formula is C17H21NO2. The Morgan fingerprint density at radius 1 is 1.15 bits per heavy atom. The van der Waals surface area contributed by atoms with Crippen LogP contribution < -0.4 is 4.90 Å². The Morgan fingerprint density at radius 3 is 2.35 bits per heavy atom. The number of anilines is 1. The fourth-order valence-corrected chi connectivity index (χ4v) is 2.62. The van der Waals surface area contributed by atoms with Crippen molar-refractivity contribution in [2.24, 2.45) is 0 Å². The van der Waals surface area contributed by atoms with Crippen molar-refractivity contribution in [1.29, 1.82) is 0 Å². The van der Waals surface area contributed by atoms with Gasteiger partial charge in [-0.15, -0.1) is 0 Å². The number of fused-ring (bicyclic) bond motifs is 1. The second-order valence-corrected chi connectivity index (χ2v) is 5.27. The van der Waals surface area contributed by atoms with Crippen molar-refractivity contribution in [3.8, 4) is 0 Å². The van der Waals surface area contributed by atoms with Gasteiger partial charge in [0.15, 0.2) is 0 Å². The SMILES string of the molecule is CCCN(c1ccc(C(=O)O)c2ccccc12)C(C)C. The molecule has 0 saturated heterocycles. The van der Waals surface area contributed by atoms with Crippen LogP contribution >= 0.6 is 0 Å². The molecule has 0 saturated carbocycles. The molecule has 0 amide bonds. The molecule has 0 bridgehead atoms. The van der Waals surface area contributed by atoms with Gasteiger partial charge in [-0.3, -0.25) is 0 Å². The molecule has 0 unspecified atom stereocenters. The second-order valence-electron chi connectivity index (χ2n) is 5.27. The topological polar surface area (TPSA) is 40.5 Å². The van der Waals surface area contributed by atoms with E-state index in [1.165, 1.54) is 0 Å². The smallest absolute Gasteiger partial charge is 0.336 e. The molecule has 3 nitrogen and oxygen atoms in total. The van der Waals surface area contributed by atoms with Gasteiger partial charge in [-0.1, -0.05) is 31.2 Å². The van der Waals surface area contributed by atoms with Gasteiger partial charge in [-0.05, 0) is 37.8 Å². The number of hydrogen-bond donors (Lipinski definition) is 1. The maximum absolute atomic E-state index is 11.3. The van der Waals surface area contributed by atoms with Crippen molar-refractivity contribution >= 4 is 22.4 Å². The number of nitrogens with zero attached hydrogens (tertiary/aromatic N) is 1. The maximum atomic E-state index is 11.3. The van der Waals surface area contributed by atoms with Crippen molar-refractivity contribution < 1.29 is 9.90 Å². The standard InChI is InChI=1S/C17H21NO2/c1-4-11-18(12(2)3)16-10-9-15(17(19)20)13-7-5-6-8-14(13)16/h5-10,12H,4,11H2,1-3H3,(H,19,20). The van der Waals surface area contributed by atoms with E-state index in [1.54, 1.807) is 6.07 Å². The van der Waals surface area contributed by atoms with E-state index in [1.807, 2.05) is 30.3 Å². The van der Waals surface area contributed by atoms with Gasteiger partial charge in [0.05, 0.1) is 5.56 Å². The minimum atomic E-state index is -0.876. The highest BCUT2D eigenvalue weighted by Crippen LogP contribution is 2.30.